The van der Waals surface area contributed by atoms with Gasteiger partial charge in [0.2, 0.25) is 0 Å². The van der Waals surface area contributed by atoms with E-state index < -0.39 is 0 Å². The second kappa shape index (κ2) is 17.3. The summed E-state index contributed by atoms with van der Waals surface area (Å²) in [5, 5.41) is 7.52. The normalized spacial score (nSPS) is 16.2. The number of hydrogen-bond donors (Lipinski definition) is 2. The van der Waals surface area contributed by atoms with E-state index in [0.717, 1.165) is 41.9 Å². The number of nitrogens with zero attached hydrogens (tertiary/aromatic N) is 1. The Morgan fingerprint density at radius 1 is 0.725 bits per heavy atom. The van der Waals surface area contributed by atoms with E-state index in [1.54, 1.807) is 0 Å². The summed E-state index contributed by atoms with van der Waals surface area (Å²) in [5.74, 6) is 0. The standard InChI is InChI=1S/C47H48BN3/c1-5-21-43(46-45(6-2)51(40-29-17-10-18-30-40)47(36(4)48-46)41-31-20-19-22-35(41)3)42(32-33-49-38-25-13-8-14-26-38)44(34-37-23-11-7-12-24-37)50-39-27-15-9-16-28-39/h5,7-32,34,45,48-50H,6,33H2,1-4H3/b21-5?,42-32-,44-34+,46-43?. The van der Waals surface area contributed by atoms with Gasteiger partial charge in [-0.2, -0.15) is 0 Å². The summed E-state index contributed by atoms with van der Waals surface area (Å²) < 4.78 is 0. The highest BCUT2D eigenvalue weighted by Crippen LogP contribution is 2.42. The summed E-state index contributed by atoms with van der Waals surface area (Å²) in [5.41, 5.74) is 14.6. The molecule has 0 saturated carbocycles. The molecule has 0 fully saturated rings. The van der Waals surface area contributed by atoms with Crippen molar-refractivity contribution in [3.8, 4) is 0 Å². The van der Waals surface area contributed by atoms with Crippen LogP contribution in [0.15, 0.2) is 192 Å². The van der Waals surface area contributed by atoms with Crippen molar-refractivity contribution in [2.45, 2.75) is 40.2 Å². The molecule has 4 heteroatoms. The summed E-state index contributed by atoms with van der Waals surface area (Å²) in [7, 11) is 0.874. The monoisotopic (exact) mass is 665 g/mol. The zero-order valence-corrected chi connectivity index (χ0v) is 30.3. The lowest BCUT2D eigenvalue weighted by Gasteiger charge is -2.43. The number of rotatable bonds is 12. The highest BCUT2D eigenvalue weighted by Gasteiger charge is 2.34. The molecule has 1 aliphatic rings. The predicted molar refractivity (Wildman–Crippen MR) is 223 cm³/mol. The second-order valence-corrected chi connectivity index (χ2v) is 13.0. The Balaban J connectivity index is 1.60. The average molecular weight is 666 g/mol. The molecule has 0 bridgehead atoms. The van der Waals surface area contributed by atoms with Crippen molar-refractivity contribution in [3.63, 3.8) is 0 Å². The van der Waals surface area contributed by atoms with E-state index in [2.05, 4.69) is 213 Å². The maximum atomic E-state index is 3.85. The van der Waals surface area contributed by atoms with Gasteiger partial charge in [0, 0.05) is 52.2 Å². The quantitative estimate of drug-likeness (QED) is 0.103. The van der Waals surface area contributed by atoms with E-state index in [1.807, 2.05) is 0 Å². The van der Waals surface area contributed by atoms with Crippen LogP contribution in [-0.2, 0) is 0 Å². The molecule has 1 unspecified atom stereocenters. The van der Waals surface area contributed by atoms with Crippen LogP contribution in [0.3, 0.4) is 0 Å². The van der Waals surface area contributed by atoms with Crippen LogP contribution in [0, 0.1) is 6.92 Å². The largest absolute Gasteiger partial charge is 0.382 e. The summed E-state index contributed by atoms with van der Waals surface area (Å²) in [4.78, 5) is 2.60. The molecular weight excluding hydrogens is 617 g/mol. The van der Waals surface area contributed by atoms with Gasteiger partial charge in [-0.1, -0.05) is 145 Å². The van der Waals surface area contributed by atoms with Crippen molar-refractivity contribution in [2.75, 3.05) is 22.1 Å². The number of allylic oxidation sites excluding steroid dienone is 4. The van der Waals surface area contributed by atoms with Crippen LogP contribution in [0.5, 0.6) is 0 Å². The van der Waals surface area contributed by atoms with Crippen molar-refractivity contribution in [1.82, 2.24) is 0 Å². The first-order chi connectivity index (χ1) is 25.1. The first-order valence-corrected chi connectivity index (χ1v) is 18.1. The molecule has 0 saturated heterocycles. The van der Waals surface area contributed by atoms with Gasteiger partial charge in [0.05, 0.1) is 0 Å². The number of hydrogen-bond acceptors (Lipinski definition) is 3. The van der Waals surface area contributed by atoms with Crippen molar-refractivity contribution in [1.29, 1.82) is 0 Å². The van der Waals surface area contributed by atoms with E-state index in [4.69, 9.17) is 0 Å². The van der Waals surface area contributed by atoms with Crippen LogP contribution in [0.25, 0.3) is 11.8 Å². The molecule has 1 atom stereocenters. The van der Waals surface area contributed by atoms with Gasteiger partial charge < -0.3 is 15.5 Å². The molecule has 0 aromatic heterocycles. The lowest BCUT2D eigenvalue weighted by Crippen LogP contribution is -2.42. The Kier molecular flexibility index (Phi) is 11.9. The smallest absolute Gasteiger partial charge is 0.187 e. The van der Waals surface area contributed by atoms with Gasteiger partial charge in [0.25, 0.3) is 0 Å². The SMILES string of the molecule is CC=CC(=C1BC(C)=C(c2ccccc2C)N(c2ccccc2)C1CC)C(=C/CNc1ccccc1)/C(=C\c1ccccc1)Nc1ccccc1. The van der Waals surface area contributed by atoms with Crippen molar-refractivity contribution in [3.05, 3.63) is 208 Å². The number of benzene rings is 5. The molecule has 6 rings (SSSR count). The molecule has 0 aliphatic carbocycles. The van der Waals surface area contributed by atoms with Crippen molar-refractivity contribution in [2.24, 2.45) is 0 Å². The van der Waals surface area contributed by atoms with E-state index in [0.29, 0.717) is 6.54 Å². The third-order valence-corrected chi connectivity index (χ3v) is 9.45. The molecule has 0 amide bonds. The lowest BCUT2D eigenvalue weighted by atomic mass is 9.54. The zero-order valence-electron chi connectivity index (χ0n) is 30.3. The number of anilines is 3. The Labute approximate surface area is 305 Å². The van der Waals surface area contributed by atoms with Gasteiger partial charge in [0.15, 0.2) is 7.28 Å². The fraction of sp³-hybridized carbons (Fsp3) is 0.149. The molecule has 2 N–H and O–H groups in total. The number of nitrogens with one attached hydrogen (secondary N) is 2. The summed E-state index contributed by atoms with van der Waals surface area (Å²) in [6, 6.07) is 51.4. The molecule has 5 aromatic carbocycles. The van der Waals surface area contributed by atoms with Crippen molar-refractivity contribution >= 4 is 36.1 Å². The van der Waals surface area contributed by atoms with Gasteiger partial charge in [-0.05, 0) is 86.4 Å². The topological polar surface area (TPSA) is 27.3 Å². The second-order valence-electron chi connectivity index (χ2n) is 13.0. The average Bonchev–Trinajstić information content (AvgIpc) is 3.17. The van der Waals surface area contributed by atoms with E-state index >= 15 is 0 Å². The first-order valence-electron chi connectivity index (χ1n) is 18.1. The zero-order chi connectivity index (χ0) is 35.4. The third-order valence-electron chi connectivity index (χ3n) is 9.45. The van der Waals surface area contributed by atoms with Crippen LogP contribution in [0.4, 0.5) is 17.1 Å². The molecule has 0 radical (unpaired) electrons. The van der Waals surface area contributed by atoms with Crippen LogP contribution in [0.1, 0.15) is 43.9 Å². The van der Waals surface area contributed by atoms with Gasteiger partial charge in [-0.25, -0.2) is 0 Å². The minimum atomic E-state index is 0.136. The third kappa shape index (κ3) is 8.53. The van der Waals surface area contributed by atoms with Gasteiger partial charge in [-0.3, -0.25) is 0 Å². The Hall–Kier alpha value is -5.74. The van der Waals surface area contributed by atoms with Gasteiger partial charge >= 0.3 is 0 Å². The highest BCUT2D eigenvalue weighted by atomic mass is 15.2. The van der Waals surface area contributed by atoms with E-state index in [-0.39, 0.29) is 6.04 Å². The lowest BCUT2D eigenvalue weighted by molar-refractivity contribution is 0.730. The van der Waals surface area contributed by atoms with Crippen LogP contribution >= 0.6 is 0 Å². The molecule has 51 heavy (non-hydrogen) atoms. The van der Waals surface area contributed by atoms with E-state index in [1.165, 1.54) is 39.0 Å². The molecule has 1 heterocycles. The summed E-state index contributed by atoms with van der Waals surface area (Å²) in [6.45, 7) is 9.67. The minimum Gasteiger partial charge on any atom is -0.382 e. The van der Waals surface area contributed by atoms with Crippen molar-refractivity contribution < 1.29 is 0 Å². The molecule has 0 spiro atoms. The van der Waals surface area contributed by atoms with E-state index in [9.17, 15) is 0 Å². The Morgan fingerprint density at radius 2 is 1.31 bits per heavy atom. The van der Waals surface area contributed by atoms with Crippen LogP contribution < -0.4 is 15.5 Å². The molecule has 1 aliphatic heterocycles. The minimum absolute atomic E-state index is 0.136. The number of aryl methyl sites for hydroxylation is 1. The predicted octanol–water partition coefficient (Wildman–Crippen LogP) is 11.4. The Morgan fingerprint density at radius 3 is 1.94 bits per heavy atom. The highest BCUT2D eigenvalue weighted by molar-refractivity contribution is 6.57. The summed E-state index contributed by atoms with van der Waals surface area (Å²) in [6.07, 6.45) is 10.1. The van der Waals surface area contributed by atoms with Gasteiger partial charge in [-0.15, -0.1) is 0 Å². The van der Waals surface area contributed by atoms with Crippen LogP contribution in [0.2, 0.25) is 0 Å². The Bertz CT molecular complexity index is 2040. The van der Waals surface area contributed by atoms with Gasteiger partial charge in [0.1, 0.15) is 0 Å². The first kappa shape index (κ1) is 35.1. The fourth-order valence-corrected chi connectivity index (χ4v) is 7.11. The molecule has 3 nitrogen and oxygen atoms in total. The number of para-hydroxylation sites is 3. The molecular formula is C47H48BN3. The fourth-order valence-electron chi connectivity index (χ4n) is 7.11. The maximum absolute atomic E-state index is 3.85. The summed E-state index contributed by atoms with van der Waals surface area (Å²) >= 11 is 0. The molecule has 254 valence electrons. The molecule has 5 aromatic rings. The van der Waals surface area contributed by atoms with Crippen LogP contribution in [-0.4, -0.2) is 19.9 Å². The maximum Gasteiger partial charge on any atom is 0.187 e.